The first-order valence-electron chi connectivity index (χ1n) is 2.52. The Morgan fingerprint density at radius 1 is 1.90 bits per heavy atom. The number of nitrogens with one attached hydrogen (secondary N) is 1. The maximum Gasteiger partial charge on any atom is 0.226 e. The molecule has 0 saturated carbocycles. The highest BCUT2D eigenvalue weighted by molar-refractivity contribution is 5.78. The van der Waals surface area contributed by atoms with Gasteiger partial charge in [-0.25, -0.2) is 0 Å². The zero-order valence-corrected chi connectivity index (χ0v) is 5.24. The van der Waals surface area contributed by atoms with Crippen molar-refractivity contribution in [3.63, 3.8) is 0 Å². The SMILES string of the molecule is C#CCNC(=O)CN=[N+]=[N-]. The molecule has 0 aliphatic carbocycles. The van der Waals surface area contributed by atoms with E-state index in [1.807, 2.05) is 0 Å². The molecule has 0 unspecified atom stereocenters. The predicted octanol–water partition coefficient (Wildman–Crippen LogP) is 0.0461. The Kier molecular flexibility index (Phi) is 4.57. The highest BCUT2D eigenvalue weighted by atomic mass is 16.1. The lowest BCUT2D eigenvalue weighted by Crippen LogP contribution is -2.25. The number of terminal acetylenes is 1. The molecule has 0 radical (unpaired) electrons. The highest BCUT2D eigenvalue weighted by Gasteiger charge is 1.93. The molecule has 0 aliphatic rings. The molecule has 1 amide bonds. The summed E-state index contributed by atoms with van der Waals surface area (Å²) in [5.74, 6) is 1.84. The van der Waals surface area contributed by atoms with Crippen LogP contribution in [0.5, 0.6) is 0 Å². The standard InChI is InChI=1S/C5H6N4O/c1-2-3-7-5(10)4-8-9-6/h1H,3-4H2,(H,7,10). The second-order valence-electron chi connectivity index (χ2n) is 1.37. The molecule has 0 rings (SSSR count). The largest absolute Gasteiger partial charge is 0.345 e. The van der Waals surface area contributed by atoms with Crippen LogP contribution in [0.3, 0.4) is 0 Å². The zero-order valence-electron chi connectivity index (χ0n) is 5.24. The normalized spacial score (nSPS) is 7.10. The Morgan fingerprint density at radius 2 is 2.60 bits per heavy atom. The number of hydrogen-bond acceptors (Lipinski definition) is 2. The van der Waals surface area contributed by atoms with Crippen molar-refractivity contribution in [1.82, 2.24) is 5.32 Å². The van der Waals surface area contributed by atoms with Gasteiger partial charge in [0.2, 0.25) is 5.91 Å². The van der Waals surface area contributed by atoms with Crippen molar-refractivity contribution in [3.05, 3.63) is 10.4 Å². The van der Waals surface area contributed by atoms with Gasteiger partial charge in [-0.2, -0.15) is 0 Å². The Balaban J connectivity index is 3.46. The quantitative estimate of drug-likeness (QED) is 0.254. The van der Waals surface area contributed by atoms with Gasteiger partial charge in [-0.3, -0.25) is 4.79 Å². The van der Waals surface area contributed by atoms with Gasteiger partial charge in [0, 0.05) is 4.91 Å². The van der Waals surface area contributed by atoms with Crippen LogP contribution in [-0.4, -0.2) is 19.0 Å². The predicted molar refractivity (Wildman–Crippen MR) is 35.9 cm³/mol. The summed E-state index contributed by atoms with van der Waals surface area (Å²) >= 11 is 0. The molecule has 0 aromatic carbocycles. The van der Waals surface area contributed by atoms with Crippen molar-refractivity contribution in [1.29, 1.82) is 0 Å². The van der Waals surface area contributed by atoms with E-state index in [1.54, 1.807) is 0 Å². The summed E-state index contributed by atoms with van der Waals surface area (Å²) in [4.78, 5) is 12.9. The third kappa shape index (κ3) is 4.50. The number of nitrogens with zero attached hydrogens (tertiary/aromatic N) is 3. The summed E-state index contributed by atoms with van der Waals surface area (Å²) in [6, 6.07) is 0. The fraction of sp³-hybridized carbons (Fsp3) is 0.400. The molecule has 5 heteroatoms. The lowest BCUT2D eigenvalue weighted by molar-refractivity contribution is -0.119. The molecular formula is C5H6N4O. The third-order valence-electron chi connectivity index (χ3n) is 0.665. The summed E-state index contributed by atoms with van der Waals surface area (Å²) in [6.45, 7) is -0.0298. The van der Waals surface area contributed by atoms with Crippen molar-refractivity contribution in [3.8, 4) is 12.3 Å². The van der Waals surface area contributed by atoms with Gasteiger partial charge in [-0.15, -0.1) is 6.42 Å². The van der Waals surface area contributed by atoms with Gasteiger partial charge < -0.3 is 5.32 Å². The van der Waals surface area contributed by atoms with E-state index in [0.717, 1.165) is 0 Å². The first-order chi connectivity index (χ1) is 4.81. The van der Waals surface area contributed by atoms with Crippen LogP contribution in [-0.2, 0) is 4.79 Å². The van der Waals surface area contributed by atoms with Gasteiger partial charge in [0.25, 0.3) is 0 Å². The Bertz CT molecular complexity index is 198. The molecule has 0 spiro atoms. The average Bonchev–Trinajstić information content (AvgIpc) is 1.97. The van der Waals surface area contributed by atoms with Crippen molar-refractivity contribution in [2.45, 2.75) is 0 Å². The summed E-state index contributed by atoms with van der Waals surface area (Å²) in [5.41, 5.74) is 7.78. The molecule has 0 fully saturated rings. The van der Waals surface area contributed by atoms with Crippen LogP contribution >= 0.6 is 0 Å². The molecule has 0 atom stereocenters. The Morgan fingerprint density at radius 3 is 3.10 bits per heavy atom. The van der Waals surface area contributed by atoms with Gasteiger partial charge >= 0.3 is 0 Å². The maximum absolute atomic E-state index is 10.5. The molecule has 0 saturated heterocycles. The summed E-state index contributed by atoms with van der Waals surface area (Å²) in [6.07, 6.45) is 4.84. The van der Waals surface area contributed by atoms with Crippen molar-refractivity contribution >= 4 is 5.91 Å². The minimum absolute atomic E-state index is 0.166. The van der Waals surface area contributed by atoms with Crippen LogP contribution < -0.4 is 5.32 Å². The second-order valence-corrected chi connectivity index (χ2v) is 1.37. The van der Waals surface area contributed by atoms with Crippen LogP contribution in [0.25, 0.3) is 10.4 Å². The van der Waals surface area contributed by atoms with E-state index in [0.29, 0.717) is 0 Å². The number of hydrogen-bond donors (Lipinski definition) is 1. The van der Waals surface area contributed by atoms with Crippen molar-refractivity contribution < 1.29 is 4.79 Å². The lowest BCUT2D eigenvalue weighted by atomic mass is 10.5. The van der Waals surface area contributed by atoms with E-state index in [-0.39, 0.29) is 19.0 Å². The first kappa shape index (κ1) is 8.34. The van der Waals surface area contributed by atoms with Crippen LogP contribution in [0.1, 0.15) is 0 Å². The van der Waals surface area contributed by atoms with Gasteiger partial charge in [0.1, 0.15) is 6.54 Å². The molecule has 0 aromatic rings. The lowest BCUT2D eigenvalue weighted by Gasteiger charge is -1.93. The monoisotopic (exact) mass is 138 g/mol. The first-order valence-corrected chi connectivity index (χ1v) is 2.52. The molecule has 0 heterocycles. The van der Waals surface area contributed by atoms with Crippen molar-refractivity contribution in [2.24, 2.45) is 5.11 Å². The van der Waals surface area contributed by atoms with E-state index < -0.39 is 0 Å². The van der Waals surface area contributed by atoms with Gasteiger partial charge in [0.05, 0.1) is 6.54 Å². The van der Waals surface area contributed by atoms with Gasteiger partial charge in [-0.1, -0.05) is 11.0 Å². The number of azide groups is 1. The van der Waals surface area contributed by atoms with Gasteiger partial charge in [0.15, 0.2) is 0 Å². The molecule has 10 heavy (non-hydrogen) atoms. The average molecular weight is 138 g/mol. The molecule has 1 N–H and O–H groups in total. The Labute approximate surface area is 58.0 Å². The number of rotatable bonds is 3. The summed E-state index contributed by atoms with van der Waals surface area (Å²) in [7, 11) is 0. The fourth-order valence-corrected chi connectivity index (χ4v) is 0.301. The second kappa shape index (κ2) is 5.48. The summed E-state index contributed by atoms with van der Waals surface area (Å²) < 4.78 is 0. The third-order valence-corrected chi connectivity index (χ3v) is 0.665. The van der Waals surface area contributed by atoms with Crippen LogP contribution in [0, 0.1) is 12.3 Å². The smallest absolute Gasteiger partial charge is 0.226 e. The highest BCUT2D eigenvalue weighted by Crippen LogP contribution is 1.70. The molecule has 0 aromatic heterocycles. The van der Waals surface area contributed by atoms with Crippen LogP contribution in [0.15, 0.2) is 5.11 Å². The van der Waals surface area contributed by atoms with E-state index in [4.69, 9.17) is 12.0 Å². The zero-order chi connectivity index (χ0) is 7.82. The number of carbonyl (C=O) groups excluding carboxylic acids is 1. The number of carbonyl (C=O) groups is 1. The van der Waals surface area contributed by atoms with E-state index >= 15 is 0 Å². The minimum atomic E-state index is -0.365. The molecule has 0 aliphatic heterocycles. The van der Waals surface area contributed by atoms with E-state index in [1.165, 1.54) is 0 Å². The number of amides is 1. The van der Waals surface area contributed by atoms with E-state index in [2.05, 4.69) is 21.3 Å². The molecule has 52 valence electrons. The van der Waals surface area contributed by atoms with Crippen LogP contribution in [0.4, 0.5) is 0 Å². The van der Waals surface area contributed by atoms with Crippen LogP contribution in [0.2, 0.25) is 0 Å². The van der Waals surface area contributed by atoms with Gasteiger partial charge in [-0.05, 0) is 5.53 Å². The van der Waals surface area contributed by atoms with E-state index in [9.17, 15) is 4.79 Å². The molecule has 5 nitrogen and oxygen atoms in total. The summed E-state index contributed by atoms with van der Waals surface area (Å²) in [5, 5.41) is 5.35. The topological polar surface area (TPSA) is 77.9 Å². The maximum atomic E-state index is 10.5. The molecule has 0 bridgehead atoms. The molecular weight excluding hydrogens is 132 g/mol. The Hall–Kier alpha value is -1.66. The van der Waals surface area contributed by atoms with Crippen molar-refractivity contribution in [2.75, 3.05) is 13.1 Å². The minimum Gasteiger partial charge on any atom is -0.345 e. The fourth-order valence-electron chi connectivity index (χ4n) is 0.301.